The Morgan fingerprint density at radius 2 is 1.89 bits per heavy atom. The van der Waals surface area contributed by atoms with Crippen LogP contribution in [0.4, 0.5) is 8.78 Å². The maximum Gasteiger partial charge on any atom is 0.237 e. The fourth-order valence-corrected chi connectivity index (χ4v) is 1.63. The van der Waals surface area contributed by atoms with E-state index in [2.05, 4.69) is 5.32 Å². The van der Waals surface area contributed by atoms with Crippen LogP contribution < -0.4 is 11.1 Å². The molecule has 0 radical (unpaired) electrons. The van der Waals surface area contributed by atoms with Gasteiger partial charge in [-0.15, -0.1) is 0 Å². The first kappa shape index (κ1) is 15.6. The average molecular weight is 270 g/mol. The number of hydrogen-bond donors (Lipinski definition) is 2. The summed E-state index contributed by atoms with van der Waals surface area (Å²) in [6.45, 7) is 7.17. The van der Waals surface area contributed by atoms with E-state index in [1.54, 1.807) is 6.92 Å². The maximum atomic E-state index is 13.6. The van der Waals surface area contributed by atoms with E-state index in [9.17, 15) is 13.6 Å². The molecule has 0 fully saturated rings. The van der Waals surface area contributed by atoms with E-state index in [1.807, 2.05) is 20.8 Å². The van der Waals surface area contributed by atoms with Crippen LogP contribution in [0.5, 0.6) is 0 Å². The van der Waals surface area contributed by atoms with E-state index in [0.717, 1.165) is 12.1 Å². The molecule has 5 heteroatoms. The van der Waals surface area contributed by atoms with Gasteiger partial charge in [-0.25, -0.2) is 8.78 Å². The minimum Gasteiger partial charge on any atom is -0.348 e. The quantitative estimate of drug-likeness (QED) is 0.886. The fraction of sp³-hybridized carbons (Fsp3) is 0.500. The molecular weight excluding hydrogens is 250 g/mol. The van der Waals surface area contributed by atoms with E-state index in [-0.39, 0.29) is 16.9 Å². The highest BCUT2D eigenvalue weighted by Crippen LogP contribution is 2.20. The van der Waals surface area contributed by atoms with Crippen LogP contribution in [0.15, 0.2) is 18.2 Å². The summed E-state index contributed by atoms with van der Waals surface area (Å²) < 4.78 is 26.4. The number of carbonyl (C=O) groups excluding carboxylic acids is 1. The van der Waals surface area contributed by atoms with Crippen LogP contribution in [0.25, 0.3) is 0 Å². The van der Waals surface area contributed by atoms with Crippen molar-refractivity contribution >= 4 is 5.91 Å². The first-order chi connectivity index (χ1) is 8.62. The Labute approximate surface area is 112 Å². The van der Waals surface area contributed by atoms with Crippen LogP contribution in [0.3, 0.4) is 0 Å². The lowest BCUT2D eigenvalue weighted by atomic mass is 9.86. The normalized spacial score (nSPS) is 14.9. The first-order valence-corrected chi connectivity index (χ1v) is 6.14. The van der Waals surface area contributed by atoms with E-state index >= 15 is 0 Å². The molecule has 2 atom stereocenters. The van der Waals surface area contributed by atoms with Crippen LogP contribution in [0.1, 0.15) is 39.3 Å². The molecule has 0 bridgehead atoms. The Bertz CT molecular complexity index is 469. The maximum absolute atomic E-state index is 13.6. The summed E-state index contributed by atoms with van der Waals surface area (Å²) in [4.78, 5) is 11.9. The van der Waals surface area contributed by atoms with E-state index < -0.39 is 23.7 Å². The van der Waals surface area contributed by atoms with E-state index in [0.29, 0.717) is 0 Å². The molecule has 0 saturated heterocycles. The zero-order valence-electron chi connectivity index (χ0n) is 11.6. The molecule has 1 aromatic rings. The molecule has 0 aliphatic rings. The monoisotopic (exact) mass is 270 g/mol. The van der Waals surface area contributed by atoms with Crippen LogP contribution in [0.2, 0.25) is 0 Å². The third-order valence-electron chi connectivity index (χ3n) is 3.00. The van der Waals surface area contributed by atoms with Crippen LogP contribution >= 0.6 is 0 Å². The van der Waals surface area contributed by atoms with Gasteiger partial charge in [-0.3, -0.25) is 4.79 Å². The highest BCUT2D eigenvalue weighted by molar-refractivity contribution is 5.82. The number of amides is 1. The van der Waals surface area contributed by atoms with Crippen molar-refractivity contribution in [3.05, 3.63) is 35.4 Å². The van der Waals surface area contributed by atoms with Gasteiger partial charge in [0, 0.05) is 11.6 Å². The number of hydrogen-bond acceptors (Lipinski definition) is 2. The Morgan fingerprint density at radius 3 is 2.37 bits per heavy atom. The Morgan fingerprint density at radius 1 is 1.32 bits per heavy atom. The summed E-state index contributed by atoms with van der Waals surface area (Å²) >= 11 is 0. The zero-order chi connectivity index (χ0) is 14.8. The lowest BCUT2D eigenvalue weighted by Crippen LogP contribution is -2.49. The van der Waals surface area contributed by atoms with Gasteiger partial charge in [-0.1, -0.05) is 26.8 Å². The smallest absolute Gasteiger partial charge is 0.237 e. The molecule has 3 nitrogen and oxygen atoms in total. The second kappa shape index (κ2) is 5.65. The molecule has 0 aromatic heterocycles. The number of carbonyl (C=O) groups is 1. The minimum atomic E-state index is -0.696. The summed E-state index contributed by atoms with van der Waals surface area (Å²) in [5.74, 6) is -1.69. The van der Waals surface area contributed by atoms with Crippen LogP contribution in [-0.4, -0.2) is 11.9 Å². The molecule has 0 aliphatic carbocycles. The lowest BCUT2D eigenvalue weighted by molar-refractivity contribution is -0.125. The summed E-state index contributed by atoms with van der Waals surface area (Å²) in [6.07, 6.45) is 0. The van der Waals surface area contributed by atoms with Crippen molar-refractivity contribution in [3.63, 3.8) is 0 Å². The summed E-state index contributed by atoms with van der Waals surface area (Å²) in [7, 11) is 0. The molecule has 0 saturated carbocycles. The van der Waals surface area contributed by atoms with Gasteiger partial charge in [0.1, 0.15) is 11.6 Å². The Balaban J connectivity index is 2.80. The summed E-state index contributed by atoms with van der Waals surface area (Å²) in [5, 5.41) is 2.64. The van der Waals surface area contributed by atoms with Gasteiger partial charge in [-0.2, -0.15) is 0 Å². The highest BCUT2D eigenvalue weighted by atomic mass is 19.1. The van der Waals surface area contributed by atoms with Gasteiger partial charge < -0.3 is 11.1 Å². The molecular formula is C14H20F2N2O. The van der Waals surface area contributed by atoms with E-state index in [1.165, 1.54) is 6.07 Å². The van der Waals surface area contributed by atoms with Crippen molar-refractivity contribution in [1.82, 2.24) is 5.32 Å². The average Bonchev–Trinajstić information content (AvgIpc) is 2.26. The van der Waals surface area contributed by atoms with Gasteiger partial charge in [0.05, 0.1) is 12.1 Å². The standard InChI is InChI=1S/C14H20F2N2O/c1-8(10-6-5-9(15)7-11(10)16)18-13(19)12(17)14(2,3)4/h5-8,12H,17H2,1-4H3,(H,18,19)/t8-,12+/m0/s1. The molecule has 0 aliphatic heterocycles. The molecule has 3 N–H and O–H groups in total. The summed E-state index contributed by atoms with van der Waals surface area (Å²) in [5.41, 5.74) is 5.67. The Kier molecular flexibility index (Phi) is 4.63. The number of nitrogens with two attached hydrogens (primary N) is 1. The molecule has 1 aromatic carbocycles. The van der Waals surface area contributed by atoms with Gasteiger partial charge in [0.2, 0.25) is 5.91 Å². The topological polar surface area (TPSA) is 55.1 Å². The van der Waals surface area contributed by atoms with Gasteiger partial charge in [-0.05, 0) is 18.4 Å². The van der Waals surface area contributed by atoms with E-state index in [4.69, 9.17) is 5.73 Å². The lowest BCUT2D eigenvalue weighted by Gasteiger charge is -2.27. The van der Waals surface area contributed by atoms with Crippen molar-refractivity contribution < 1.29 is 13.6 Å². The van der Waals surface area contributed by atoms with Crippen molar-refractivity contribution in [1.29, 1.82) is 0 Å². The molecule has 0 spiro atoms. The third kappa shape index (κ3) is 3.99. The number of rotatable bonds is 3. The second-order valence-corrected chi connectivity index (χ2v) is 5.74. The predicted octanol–water partition coefficient (Wildman–Crippen LogP) is 2.52. The number of benzene rings is 1. The van der Waals surface area contributed by atoms with Gasteiger partial charge >= 0.3 is 0 Å². The van der Waals surface area contributed by atoms with Gasteiger partial charge in [0.25, 0.3) is 0 Å². The molecule has 1 rings (SSSR count). The van der Waals surface area contributed by atoms with Crippen LogP contribution in [-0.2, 0) is 4.79 Å². The second-order valence-electron chi connectivity index (χ2n) is 5.74. The molecule has 19 heavy (non-hydrogen) atoms. The van der Waals surface area contributed by atoms with Crippen LogP contribution in [0, 0.1) is 17.0 Å². The van der Waals surface area contributed by atoms with Crippen molar-refractivity contribution in [2.45, 2.75) is 39.8 Å². The predicted molar refractivity (Wildman–Crippen MR) is 70.3 cm³/mol. The highest BCUT2D eigenvalue weighted by Gasteiger charge is 2.28. The van der Waals surface area contributed by atoms with Crippen molar-refractivity contribution in [2.75, 3.05) is 0 Å². The van der Waals surface area contributed by atoms with Gasteiger partial charge in [0.15, 0.2) is 0 Å². The number of nitrogens with one attached hydrogen (secondary N) is 1. The molecule has 106 valence electrons. The van der Waals surface area contributed by atoms with Crippen molar-refractivity contribution in [3.8, 4) is 0 Å². The molecule has 0 unspecified atom stereocenters. The minimum absolute atomic E-state index is 0.232. The largest absolute Gasteiger partial charge is 0.348 e. The first-order valence-electron chi connectivity index (χ1n) is 6.14. The summed E-state index contributed by atoms with van der Waals surface area (Å²) in [6, 6.07) is 2.00. The number of halogens is 2. The zero-order valence-corrected chi connectivity index (χ0v) is 11.6. The Hall–Kier alpha value is -1.49. The molecule has 1 amide bonds. The SMILES string of the molecule is C[C@H](NC(=O)[C@@H](N)C(C)(C)C)c1ccc(F)cc1F. The fourth-order valence-electron chi connectivity index (χ4n) is 1.63. The van der Waals surface area contributed by atoms with Crippen molar-refractivity contribution in [2.24, 2.45) is 11.1 Å². The third-order valence-corrected chi connectivity index (χ3v) is 3.00. The molecule has 0 heterocycles.